The average Bonchev–Trinajstić information content (AvgIpc) is 2.71. The first kappa shape index (κ1) is 10.4. The van der Waals surface area contributed by atoms with Crippen LogP contribution in [-0.4, -0.2) is 27.4 Å². The molecule has 0 atom stereocenters. The summed E-state index contributed by atoms with van der Waals surface area (Å²) in [5, 5.41) is 20.1. The first-order chi connectivity index (χ1) is 7.25. The summed E-state index contributed by atoms with van der Waals surface area (Å²) in [5.41, 5.74) is 1.75. The van der Waals surface area contributed by atoms with E-state index in [-0.39, 0.29) is 6.04 Å². The van der Waals surface area contributed by atoms with Crippen LogP contribution >= 0.6 is 11.3 Å². The SMILES string of the molecule is O=C(O)NC1CCC(c2nncs2)CC1. The highest BCUT2D eigenvalue weighted by molar-refractivity contribution is 7.09. The maximum absolute atomic E-state index is 10.4. The van der Waals surface area contributed by atoms with Crippen LogP contribution in [0, 0.1) is 0 Å². The molecule has 1 fully saturated rings. The van der Waals surface area contributed by atoms with E-state index >= 15 is 0 Å². The molecule has 2 rings (SSSR count). The third kappa shape index (κ3) is 2.65. The van der Waals surface area contributed by atoms with Gasteiger partial charge < -0.3 is 10.4 Å². The van der Waals surface area contributed by atoms with Crippen LogP contribution in [0.2, 0.25) is 0 Å². The lowest BCUT2D eigenvalue weighted by atomic mass is 9.86. The normalized spacial score (nSPS) is 26.1. The van der Waals surface area contributed by atoms with E-state index in [1.807, 2.05) is 0 Å². The van der Waals surface area contributed by atoms with Gasteiger partial charge in [0.05, 0.1) is 0 Å². The van der Waals surface area contributed by atoms with Crippen LogP contribution in [-0.2, 0) is 0 Å². The Kier molecular flexibility index (Phi) is 3.15. The molecule has 1 aliphatic rings. The second-order valence-electron chi connectivity index (χ2n) is 3.78. The fourth-order valence-electron chi connectivity index (χ4n) is 2.02. The van der Waals surface area contributed by atoms with Crippen LogP contribution in [0.15, 0.2) is 5.51 Å². The molecule has 0 saturated heterocycles. The molecular formula is C9H13N3O2S. The molecule has 0 bridgehead atoms. The molecule has 0 spiro atoms. The summed E-state index contributed by atoms with van der Waals surface area (Å²) in [6.07, 6.45) is 2.88. The average molecular weight is 227 g/mol. The van der Waals surface area contributed by atoms with Crippen molar-refractivity contribution in [1.82, 2.24) is 15.5 Å². The molecule has 2 N–H and O–H groups in total. The summed E-state index contributed by atoms with van der Waals surface area (Å²) < 4.78 is 0. The van der Waals surface area contributed by atoms with Gasteiger partial charge in [0.1, 0.15) is 10.5 Å². The van der Waals surface area contributed by atoms with Gasteiger partial charge in [-0.1, -0.05) is 0 Å². The van der Waals surface area contributed by atoms with E-state index in [4.69, 9.17) is 5.11 Å². The molecule has 15 heavy (non-hydrogen) atoms. The zero-order chi connectivity index (χ0) is 10.7. The predicted molar refractivity (Wildman–Crippen MR) is 56.1 cm³/mol. The second-order valence-corrected chi connectivity index (χ2v) is 4.64. The van der Waals surface area contributed by atoms with E-state index in [1.54, 1.807) is 16.8 Å². The van der Waals surface area contributed by atoms with Gasteiger partial charge >= 0.3 is 6.09 Å². The van der Waals surface area contributed by atoms with Crippen molar-refractivity contribution in [3.63, 3.8) is 0 Å². The van der Waals surface area contributed by atoms with E-state index in [9.17, 15) is 4.79 Å². The standard InChI is InChI=1S/C9H13N3O2S/c13-9(14)11-7-3-1-6(2-4-7)8-12-10-5-15-8/h5-7,11H,1-4H2,(H,13,14). The van der Waals surface area contributed by atoms with Gasteiger partial charge in [-0.2, -0.15) is 0 Å². The Labute approximate surface area is 91.5 Å². The van der Waals surface area contributed by atoms with Crippen molar-refractivity contribution in [1.29, 1.82) is 0 Å². The minimum Gasteiger partial charge on any atom is -0.465 e. The smallest absolute Gasteiger partial charge is 0.404 e. The Morgan fingerprint density at radius 3 is 2.73 bits per heavy atom. The Hall–Kier alpha value is -1.17. The highest BCUT2D eigenvalue weighted by Gasteiger charge is 2.24. The predicted octanol–water partition coefficient (Wildman–Crippen LogP) is 1.83. The quantitative estimate of drug-likeness (QED) is 0.808. The second kappa shape index (κ2) is 4.57. The fourth-order valence-corrected chi connectivity index (χ4v) is 2.74. The molecule has 1 aromatic rings. The van der Waals surface area contributed by atoms with Crippen molar-refractivity contribution < 1.29 is 9.90 Å². The summed E-state index contributed by atoms with van der Waals surface area (Å²) in [6, 6.07) is 0.117. The van der Waals surface area contributed by atoms with Crippen molar-refractivity contribution in [2.24, 2.45) is 0 Å². The van der Waals surface area contributed by atoms with Crippen LogP contribution < -0.4 is 5.32 Å². The summed E-state index contributed by atoms with van der Waals surface area (Å²) in [6.45, 7) is 0. The van der Waals surface area contributed by atoms with Crippen molar-refractivity contribution in [2.75, 3.05) is 0 Å². The largest absolute Gasteiger partial charge is 0.465 e. The van der Waals surface area contributed by atoms with Gasteiger partial charge in [0, 0.05) is 12.0 Å². The first-order valence-electron chi connectivity index (χ1n) is 5.01. The molecule has 1 heterocycles. The number of rotatable bonds is 2. The van der Waals surface area contributed by atoms with Crippen molar-refractivity contribution in [3.8, 4) is 0 Å². The number of hydrogen-bond donors (Lipinski definition) is 2. The van der Waals surface area contributed by atoms with Gasteiger partial charge in [-0.15, -0.1) is 21.5 Å². The summed E-state index contributed by atoms with van der Waals surface area (Å²) >= 11 is 1.59. The van der Waals surface area contributed by atoms with Crippen molar-refractivity contribution >= 4 is 17.4 Å². The first-order valence-corrected chi connectivity index (χ1v) is 5.89. The van der Waals surface area contributed by atoms with Crippen molar-refractivity contribution in [2.45, 2.75) is 37.6 Å². The van der Waals surface area contributed by atoms with E-state index in [2.05, 4.69) is 15.5 Å². The minimum absolute atomic E-state index is 0.117. The van der Waals surface area contributed by atoms with Gasteiger partial charge in [0.15, 0.2) is 0 Å². The zero-order valence-electron chi connectivity index (χ0n) is 8.22. The number of hydrogen-bond acceptors (Lipinski definition) is 4. The lowest BCUT2D eigenvalue weighted by Gasteiger charge is -2.26. The van der Waals surface area contributed by atoms with Crippen LogP contribution in [0.5, 0.6) is 0 Å². The van der Waals surface area contributed by atoms with Gasteiger partial charge in [0.2, 0.25) is 0 Å². The van der Waals surface area contributed by atoms with Gasteiger partial charge in [0.25, 0.3) is 0 Å². The molecule has 1 aromatic heterocycles. The molecule has 6 heteroatoms. The van der Waals surface area contributed by atoms with Crippen LogP contribution in [0.25, 0.3) is 0 Å². The Morgan fingerprint density at radius 2 is 2.20 bits per heavy atom. The molecule has 1 saturated carbocycles. The highest BCUT2D eigenvalue weighted by Crippen LogP contribution is 2.33. The minimum atomic E-state index is -0.922. The Bertz CT molecular complexity index is 320. The summed E-state index contributed by atoms with van der Waals surface area (Å²) in [7, 11) is 0. The van der Waals surface area contributed by atoms with Crippen LogP contribution in [0.1, 0.15) is 36.6 Å². The highest BCUT2D eigenvalue weighted by atomic mass is 32.1. The number of aromatic nitrogens is 2. The van der Waals surface area contributed by atoms with Gasteiger partial charge in [-0.25, -0.2) is 4.79 Å². The van der Waals surface area contributed by atoms with E-state index < -0.39 is 6.09 Å². The Morgan fingerprint density at radius 1 is 1.47 bits per heavy atom. The summed E-state index contributed by atoms with van der Waals surface area (Å²) in [4.78, 5) is 10.4. The molecule has 0 radical (unpaired) electrons. The number of carbonyl (C=O) groups is 1. The molecule has 0 unspecified atom stereocenters. The van der Waals surface area contributed by atoms with E-state index in [0.29, 0.717) is 5.92 Å². The zero-order valence-corrected chi connectivity index (χ0v) is 9.04. The number of nitrogens with zero attached hydrogens (tertiary/aromatic N) is 2. The molecule has 5 nitrogen and oxygen atoms in total. The summed E-state index contributed by atoms with van der Waals surface area (Å²) in [5.74, 6) is 0.476. The third-order valence-electron chi connectivity index (χ3n) is 2.78. The van der Waals surface area contributed by atoms with Crippen molar-refractivity contribution in [3.05, 3.63) is 10.5 Å². The van der Waals surface area contributed by atoms with Gasteiger partial charge in [-0.05, 0) is 25.7 Å². The number of amides is 1. The molecular weight excluding hydrogens is 214 g/mol. The third-order valence-corrected chi connectivity index (χ3v) is 3.64. The molecule has 82 valence electrons. The number of nitrogens with one attached hydrogen (secondary N) is 1. The molecule has 1 amide bonds. The fraction of sp³-hybridized carbons (Fsp3) is 0.667. The van der Waals surface area contributed by atoms with Gasteiger partial charge in [-0.3, -0.25) is 0 Å². The van der Waals surface area contributed by atoms with Crippen LogP contribution in [0.3, 0.4) is 0 Å². The molecule has 0 aliphatic heterocycles. The molecule has 0 aromatic carbocycles. The topological polar surface area (TPSA) is 75.1 Å². The monoisotopic (exact) mass is 227 g/mol. The van der Waals surface area contributed by atoms with E-state index in [0.717, 1.165) is 30.7 Å². The van der Waals surface area contributed by atoms with Crippen LogP contribution in [0.4, 0.5) is 4.79 Å². The maximum Gasteiger partial charge on any atom is 0.404 e. The maximum atomic E-state index is 10.4. The van der Waals surface area contributed by atoms with E-state index in [1.165, 1.54) is 0 Å². The lowest BCUT2D eigenvalue weighted by molar-refractivity contribution is 0.185. The Balaban J connectivity index is 1.84. The lowest BCUT2D eigenvalue weighted by Crippen LogP contribution is -2.36. The molecule has 1 aliphatic carbocycles. The number of carboxylic acid groups (broad SMARTS) is 1.